The van der Waals surface area contributed by atoms with Gasteiger partial charge in [-0.3, -0.25) is 4.79 Å². The van der Waals surface area contributed by atoms with Gasteiger partial charge in [-0.2, -0.15) is 17.5 Å². The van der Waals surface area contributed by atoms with Crippen LogP contribution < -0.4 is 5.32 Å². The summed E-state index contributed by atoms with van der Waals surface area (Å²) in [6.07, 6.45) is -4.27. The number of carbonyl (C=O) groups is 1. The number of nitrogens with one attached hydrogen (secondary N) is 1. The van der Waals surface area contributed by atoms with Crippen molar-refractivity contribution >= 4 is 15.9 Å². The molecule has 1 aromatic rings. The summed E-state index contributed by atoms with van der Waals surface area (Å²) in [6, 6.07) is 4.16. The van der Waals surface area contributed by atoms with Crippen LogP contribution in [0, 0.1) is 12.8 Å². The largest absolute Gasteiger partial charge is 0.508 e. The lowest BCUT2D eigenvalue weighted by Gasteiger charge is -2.17. The highest BCUT2D eigenvalue weighted by molar-refractivity contribution is 7.89. The van der Waals surface area contributed by atoms with Crippen LogP contribution in [-0.2, 0) is 24.3 Å². The van der Waals surface area contributed by atoms with E-state index in [2.05, 4.69) is 0 Å². The van der Waals surface area contributed by atoms with E-state index < -0.39 is 22.1 Å². The molecular formula is C18H25F3N2O6S. The molecule has 0 spiro atoms. The first kappa shape index (κ1) is 24.4. The Bertz CT molecular complexity index is 832. The number of phenols is 1. The molecule has 1 aliphatic rings. The topological polar surface area (TPSA) is 105 Å². The van der Waals surface area contributed by atoms with Gasteiger partial charge >= 0.3 is 12.1 Å². The molecule has 1 heterocycles. The number of phenolic OH excluding ortho intramolecular Hbond substituents is 1. The molecule has 30 heavy (non-hydrogen) atoms. The summed E-state index contributed by atoms with van der Waals surface area (Å²) in [6.45, 7) is 2.64. The molecule has 0 saturated carbocycles. The smallest absolute Gasteiger partial charge is 0.471 e. The Balaban J connectivity index is 1.64. The molecule has 1 fully saturated rings. The van der Waals surface area contributed by atoms with Crippen molar-refractivity contribution in [2.45, 2.75) is 24.4 Å². The molecule has 0 bridgehead atoms. The third kappa shape index (κ3) is 6.83. The van der Waals surface area contributed by atoms with Crippen molar-refractivity contribution in [2.75, 3.05) is 46.1 Å². The molecule has 0 radical (unpaired) electrons. The zero-order valence-corrected chi connectivity index (χ0v) is 17.3. The van der Waals surface area contributed by atoms with Crippen LogP contribution in [0.3, 0.4) is 0 Å². The maximum Gasteiger partial charge on any atom is 0.471 e. The van der Waals surface area contributed by atoms with Gasteiger partial charge in [0.25, 0.3) is 0 Å². The molecule has 1 atom stereocenters. The molecule has 0 unspecified atom stereocenters. The van der Waals surface area contributed by atoms with Crippen LogP contribution in [0.5, 0.6) is 5.75 Å². The second-order valence-corrected chi connectivity index (χ2v) is 8.84. The second kappa shape index (κ2) is 10.4. The first-order valence-corrected chi connectivity index (χ1v) is 10.8. The highest BCUT2D eigenvalue weighted by Gasteiger charge is 2.38. The molecule has 2 N–H and O–H groups in total. The fraction of sp³-hybridized carbons (Fsp3) is 0.611. The summed E-state index contributed by atoms with van der Waals surface area (Å²) in [7, 11) is -3.65. The Hall–Kier alpha value is -1.89. The number of hydrogen-bond donors (Lipinski definition) is 2. The van der Waals surface area contributed by atoms with Gasteiger partial charge in [0.05, 0.1) is 31.3 Å². The highest BCUT2D eigenvalue weighted by atomic mass is 32.2. The van der Waals surface area contributed by atoms with Crippen LogP contribution in [0.2, 0.25) is 0 Å². The minimum absolute atomic E-state index is 0.0176. The van der Waals surface area contributed by atoms with Gasteiger partial charge in [0.15, 0.2) is 0 Å². The number of alkyl halides is 3. The van der Waals surface area contributed by atoms with E-state index in [0.717, 1.165) is 0 Å². The predicted molar refractivity (Wildman–Crippen MR) is 100 cm³/mol. The van der Waals surface area contributed by atoms with Crippen molar-refractivity contribution < 1.29 is 41.0 Å². The highest BCUT2D eigenvalue weighted by Crippen LogP contribution is 2.27. The number of ether oxygens (including phenoxy) is 2. The van der Waals surface area contributed by atoms with Crippen molar-refractivity contribution in [2.24, 2.45) is 5.92 Å². The van der Waals surface area contributed by atoms with Gasteiger partial charge in [-0.05, 0) is 43.0 Å². The van der Waals surface area contributed by atoms with Gasteiger partial charge in [-0.15, -0.1) is 0 Å². The number of carbonyl (C=O) groups excluding carboxylic acids is 1. The molecular weight excluding hydrogens is 429 g/mol. The minimum Gasteiger partial charge on any atom is -0.508 e. The van der Waals surface area contributed by atoms with Crippen molar-refractivity contribution in [3.63, 3.8) is 0 Å². The maximum absolute atomic E-state index is 12.7. The van der Waals surface area contributed by atoms with Crippen molar-refractivity contribution in [3.05, 3.63) is 23.8 Å². The van der Waals surface area contributed by atoms with Crippen LogP contribution in [0.4, 0.5) is 13.2 Å². The SMILES string of the molecule is Cc1cc(S(=O)(=O)N2CC[C@@H](COCCOCCNC(=O)C(F)(F)F)C2)ccc1O. The minimum atomic E-state index is -4.91. The molecule has 0 aliphatic carbocycles. The number of halogens is 3. The van der Waals surface area contributed by atoms with Crippen LogP contribution in [0.15, 0.2) is 23.1 Å². The first-order valence-electron chi connectivity index (χ1n) is 9.32. The number of benzene rings is 1. The van der Waals surface area contributed by atoms with E-state index in [4.69, 9.17) is 9.47 Å². The van der Waals surface area contributed by atoms with Gasteiger partial charge in [0.2, 0.25) is 10.0 Å². The average molecular weight is 454 g/mol. The molecule has 0 aromatic heterocycles. The third-order valence-corrected chi connectivity index (χ3v) is 6.43. The molecule has 12 heteroatoms. The third-order valence-electron chi connectivity index (χ3n) is 4.57. The van der Waals surface area contributed by atoms with Gasteiger partial charge in [0.1, 0.15) is 5.75 Å². The summed E-state index contributed by atoms with van der Waals surface area (Å²) < 4.78 is 73.3. The molecule has 1 saturated heterocycles. The van der Waals surface area contributed by atoms with Crippen LogP contribution in [0.1, 0.15) is 12.0 Å². The molecule has 8 nitrogen and oxygen atoms in total. The lowest BCUT2D eigenvalue weighted by atomic mass is 10.1. The summed E-state index contributed by atoms with van der Waals surface area (Å²) in [5.41, 5.74) is 0.480. The average Bonchev–Trinajstić information content (AvgIpc) is 3.14. The number of aryl methyl sites for hydroxylation is 1. The van der Waals surface area contributed by atoms with E-state index in [-0.39, 0.29) is 42.9 Å². The fourth-order valence-corrected chi connectivity index (χ4v) is 4.51. The van der Waals surface area contributed by atoms with Crippen LogP contribution in [-0.4, -0.2) is 76.0 Å². The van der Waals surface area contributed by atoms with Crippen LogP contribution in [0.25, 0.3) is 0 Å². The number of rotatable bonds is 10. The Morgan fingerprint density at radius 2 is 1.97 bits per heavy atom. The van der Waals surface area contributed by atoms with Gasteiger partial charge < -0.3 is 19.9 Å². The normalized spacial score (nSPS) is 17.9. The van der Waals surface area contributed by atoms with E-state index in [1.165, 1.54) is 22.5 Å². The fourth-order valence-electron chi connectivity index (χ4n) is 2.90. The molecule has 1 aromatic carbocycles. The van der Waals surface area contributed by atoms with E-state index in [1.54, 1.807) is 12.2 Å². The van der Waals surface area contributed by atoms with Crippen LogP contribution >= 0.6 is 0 Å². The second-order valence-electron chi connectivity index (χ2n) is 6.91. The Kier molecular flexibility index (Phi) is 8.47. The lowest BCUT2D eigenvalue weighted by Crippen LogP contribution is -2.38. The summed E-state index contributed by atoms with van der Waals surface area (Å²) in [5, 5.41) is 11.3. The van der Waals surface area contributed by atoms with Crippen molar-refractivity contribution in [1.29, 1.82) is 0 Å². The van der Waals surface area contributed by atoms with E-state index in [0.29, 0.717) is 31.7 Å². The zero-order chi connectivity index (χ0) is 22.4. The van der Waals surface area contributed by atoms with Gasteiger partial charge in [0, 0.05) is 19.6 Å². The zero-order valence-electron chi connectivity index (χ0n) is 16.4. The summed E-state index contributed by atoms with van der Waals surface area (Å²) in [4.78, 5) is 10.7. The number of aromatic hydroxyl groups is 1. The summed E-state index contributed by atoms with van der Waals surface area (Å²) >= 11 is 0. The number of sulfonamides is 1. The summed E-state index contributed by atoms with van der Waals surface area (Å²) in [5.74, 6) is -1.96. The number of nitrogens with zero attached hydrogens (tertiary/aromatic N) is 1. The quantitative estimate of drug-likeness (QED) is 0.518. The van der Waals surface area contributed by atoms with E-state index >= 15 is 0 Å². The monoisotopic (exact) mass is 454 g/mol. The van der Waals surface area contributed by atoms with E-state index in [9.17, 15) is 31.5 Å². The van der Waals surface area contributed by atoms with Crippen molar-refractivity contribution in [1.82, 2.24) is 9.62 Å². The Morgan fingerprint density at radius 3 is 2.63 bits per heavy atom. The molecule has 170 valence electrons. The van der Waals surface area contributed by atoms with Crippen molar-refractivity contribution in [3.8, 4) is 5.75 Å². The predicted octanol–water partition coefficient (Wildman–Crippen LogP) is 1.42. The molecule has 2 rings (SSSR count). The first-order chi connectivity index (χ1) is 14.0. The van der Waals surface area contributed by atoms with Gasteiger partial charge in [-0.25, -0.2) is 8.42 Å². The number of hydrogen-bond acceptors (Lipinski definition) is 6. The van der Waals surface area contributed by atoms with Gasteiger partial charge in [-0.1, -0.05) is 0 Å². The number of amides is 1. The lowest BCUT2D eigenvalue weighted by molar-refractivity contribution is -0.173. The standard InChI is InChI=1S/C18H25F3N2O6S/c1-13-10-15(2-3-16(13)24)30(26,27)23-6-4-14(11-23)12-29-9-8-28-7-5-22-17(25)18(19,20)21/h2-3,10,14,24H,4-9,11-12H2,1H3,(H,22,25)/t14-/m1/s1. The Morgan fingerprint density at radius 1 is 1.27 bits per heavy atom. The molecule has 1 aliphatic heterocycles. The maximum atomic E-state index is 12.7. The molecule has 1 amide bonds. The van der Waals surface area contributed by atoms with E-state index in [1.807, 2.05) is 0 Å². The Labute approximate surface area is 173 Å².